The van der Waals surface area contributed by atoms with Crippen LogP contribution in [-0.4, -0.2) is 11.0 Å². The summed E-state index contributed by atoms with van der Waals surface area (Å²) in [5.74, 6) is 1.05. The second kappa shape index (κ2) is 10.9. The number of nitrogens with zero attached hydrogens (tertiary/aromatic N) is 1. The molecule has 0 aromatic heterocycles. The van der Waals surface area contributed by atoms with Crippen LogP contribution in [0.25, 0.3) is 0 Å². The molecule has 7 nitrogen and oxygen atoms in total. The zero-order valence-corrected chi connectivity index (χ0v) is 18.3. The molecule has 0 fully saturated rings. The van der Waals surface area contributed by atoms with E-state index in [4.69, 9.17) is 4.74 Å². The van der Waals surface area contributed by atoms with Gasteiger partial charge in [-0.2, -0.15) is 0 Å². The lowest BCUT2D eigenvalue weighted by atomic mass is 10.0. The third-order valence-corrected chi connectivity index (χ3v) is 4.91. The van der Waals surface area contributed by atoms with E-state index in [0.717, 1.165) is 42.5 Å². The van der Waals surface area contributed by atoms with Gasteiger partial charge in [0.1, 0.15) is 11.5 Å². The molecular formula is C25H27N3O4. The Bertz CT molecular complexity index is 1040. The standard InChI is InChI=1S/C25H27N3O4/c1-3-6-18-8-5-9-19(7-4-2)24(18)27-25(29)26-20-10-14-22(15-11-20)32-23-16-12-21(13-17-23)28(30)31/h5,8-17H,3-4,6-7H2,1-2H3,(H2,26,27,29). The summed E-state index contributed by atoms with van der Waals surface area (Å²) in [7, 11) is 0. The molecule has 0 bridgehead atoms. The number of nitrogens with one attached hydrogen (secondary N) is 2. The molecule has 0 aliphatic carbocycles. The maximum atomic E-state index is 12.6. The van der Waals surface area contributed by atoms with Crippen LogP contribution in [0.15, 0.2) is 66.7 Å². The van der Waals surface area contributed by atoms with E-state index in [-0.39, 0.29) is 11.7 Å². The molecule has 0 radical (unpaired) electrons. The highest BCUT2D eigenvalue weighted by molar-refractivity contribution is 6.00. The van der Waals surface area contributed by atoms with Gasteiger partial charge in [0, 0.05) is 23.5 Å². The smallest absolute Gasteiger partial charge is 0.323 e. The van der Waals surface area contributed by atoms with Gasteiger partial charge in [0.2, 0.25) is 0 Å². The molecule has 3 aromatic carbocycles. The molecule has 32 heavy (non-hydrogen) atoms. The molecule has 3 aromatic rings. The van der Waals surface area contributed by atoms with Gasteiger partial charge in [-0.15, -0.1) is 0 Å². The van der Waals surface area contributed by atoms with E-state index in [1.165, 1.54) is 12.1 Å². The van der Waals surface area contributed by atoms with Crippen LogP contribution in [0.3, 0.4) is 0 Å². The van der Waals surface area contributed by atoms with Gasteiger partial charge < -0.3 is 15.4 Å². The lowest BCUT2D eigenvalue weighted by Crippen LogP contribution is -2.21. The van der Waals surface area contributed by atoms with Crippen molar-refractivity contribution in [3.8, 4) is 11.5 Å². The summed E-state index contributed by atoms with van der Waals surface area (Å²) in [6, 6.07) is 18.7. The van der Waals surface area contributed by atoms with Crippen molar-refractivity contribution in [2.24, 2.45) is 0 Å². The third-order valence-electron chi connectivity index (χ3n) is 4.91. The molecule has 0 heterocycles. The molecule has 0 unspecified atom stereocenters. The van der Waals surface area contributed by atoms with Crippen LogP contribution in [-0.2, 0) is 12.8 Å². The van der Waals surface area contributed by atoms with Crippen molar-refractivity contribution < 1.29 is 14.5 Å². The Balaban J connectivity index is 1.64. The number of carbonyl (C=O) groups excluding carboxylic acids is 1. The Morgan fingerprint density at radius 3 is 1.88 bits per heavy atom. The predicted octanol–water partition coefficient (Wildman–Crippen LogP) is 6.94. The monoisotopic (exact) mass is 433 g/mol. The fourth-order valence-corrected chi connectivity index (χ4v) is 3.42. The van der Waals surface area contributed by atoms with Crippen LogP contribution in [0, 0.1) is 10.1 Å². The third kappa shape index (κ3) is 6.07. The fraction of sp³-hybridized carbons (Fsp3) is 0.240. The van der Waals surface area contributed by atoms with Crippen molar-refractivity contribution in [3.05, 3.63) is 88.0 Å². The van der Waals surface area contributed by atoms with Crippen molar-refractivity contribution in [2.45, 2.75) is 39.5 Å². The number of amides is 2. The largest absolute Gasteiger partial charge is 0.457 e. The molecule has 0 saturated heterocycles. The van der Waals surface area contributed by atoms with E-state index in [1.54, 1.807) is 36.4 Å². The summed E-state index contributed by atoms with van der Waals surface area (Å²) in [6.07, 6.45) is 3.81. The van der Waals surface area contributed by atoms with Gasteiger partial charge in [-0.1, -0.05) is 44.9 Å². The van der Waals surface area contributed by atoms with Gasteiger partial charge >= 0.3 is 6.03 Å². The highest BCUT2D eigenvalue weighted by atomic mass is 16.6. The molecule has 166 valence electrons. The van der Waals surface area contributed by atoms with E-state index < -0.39 is 4.92 Å². The number of ether oxygens (including phenoxy) is 1. The maximum absolute atomic E-state index is 12.6. The van der Waals surface area contributed by atoms with Gasteiger partial charge in [-0.05, 0) is 60.4 Å². The summed E-state index contributed by atoms with van der Waals surface area (Å²) >= 11 is 0. The van der Waals surface area contributed by atoms with E-state index in [1.807, 2.05) is 6.07 Å². The molecule has 7 heteroatoms. The number of non-ortho nitro benzene ring substituents is 1. The zero-order chi connectivity index (χ0) is 22.9. The maximum Gasteiger partial charge on any atom is 0.323 e. The molecule has 0 atom stereocenters. The van der Waals surface area contributed by atoms with Crippen LogP contribution < -0.4 is 15.4 Å². The van der Waals surface area contributed by atoms with E-state index in [0.29, 0.717) is 17.2 Å². The molecule has 3 rings (SSSR count). The summed E-state index contributed by atoms with van der Waals surface area (Å²) in [5, 5.41) is 16.6. The molecule has 0 aliphatic heterocycles. The second-order valence-electron chi connectivity index (χ2n) is 7.41. The van der Waals surface area contributed by atoms with Crippen LogP contribution in [0.5, 0.6) is 11.5 Å². The number of para-hydroxylation sites is 1. The number of nitro groups is 1. The Hall–Kier alpha value is -3.87. The van der Waals surface area contributed by atoms with Crippen molar-refractivity contribution >= 4 is 23.1 Å². The molecule has 2 amide bonds. The Labute approximate surface area is 187 Å². The number of aryl methyl sites for hydroxylation is 2. The van der Waals surface area contributed by atoms with Crippen molar-refractivity contribution in [3.63, 3.8) is 0 Å². The highest BCUT2D eigenvalue weighted by Crippen LogP contribution is 2.26. The number of hydrogen-bond acceptors (Lipinski definition) is 4. The number of nitro benzene ring substituents is 1. The first-order chi connectivity index (χ1) is 15.5. The average molecular weight is 434 g/mol. The van der Waals surface area contributed by atoms with Crippen molar-refractivity contribution in [1.29, 1.82) is 0 Å². The number of hydrogen-bond donors (Lipinski definition) is 2. The predicted molar refractivity (Wildman–Crippen MR) is 127 cm³/mol. The molecule has 2 N–H and O–H groups in total. The zero-order valence-electron chi connectivity index (χ0n) is 18.3. The first kappa shape index (κ1) is 22.8. The summed E-state index contributed by atoms with van der Waals surface area (Å²) in [4.78, 5) is 22.9. The fourth-order valence-electron chi connectivity index (χ4n) is 3.42. The highest BCUT2D eigenvalue weighted by Gasteiger charge is 2.12. The van der Waals surface area contributed by atoms with Crippen molar-refractivity contribution in [2.75, 3.05) is 10.6 Å². The SMILES string of the molecule is CCCc1cccc(CCC)c1NC(=O)Nc1ccc(Oc2ccc([N+](=O)[O-])cc2)cc1. The number of urea groups is 1. The molecule has 0 spiro atoms. The summed E-state index contributed by atoms with van der Waals surface area (Å²) in [6.45, 7) is 4.24. The topological polar surface area (TPSA) is 93.5 Å². The van der Waals surface area contributed by atoms with Gasteiger partial charge in [0.25, 0.3) is 5.69 Å². The summed E-state index contributed by atoms with van der Waals surface area (Å²) < 4.78 is 5.70. The first-order valence-electron chi connectivity index (χ1n) is 10.7. The first-order valence-corrected chi connectivity index (χ1v) is 10.7. The van der Waals surface area contributed by atoms with Gasteiger partial charge in [0.15, 0.2) is 0 Å². The Morgan fingerprint density at radius 2 is 1.38 bits per heavy atom. The number of carbonyl (C=O) groups is 1. The summed E-state index contributed by atoms with van der Waals surface area (Å²) in [5.41, 5.74) is 3.81. The minimum absolute atomic E-state index is 0.00511. The van der Waals surface area contributed by atoms with Crippen molar-refractivity contribution in [1.82, 2.24) is 0 Å². The number of rotatable bonds is 9. The lowest BCUT2D eigenvalue weighted by Gasteiger charge is -2.16. The lowest BCUT2D eigenvalue weighted by molar-refractivity contribution is -0.384. The van der Waals surface area contributed by atoms with Crippen LogP contribution in [0.1, 0.15) is 37.8 Å². The quantitative estimate of drug-likeness (QED) is 0.282. The molecular weight excluding hydrogens is 406 g/mol. The molecule has 0 saturated carbocycles. The number of benzene rings is 3. The van der Waals surface area contributed by atoms with Crippen LogP contribution in [0.4, 0.5) is 21.9 Å². The Kier molecular flexibility index (Phi) is 7.80. The molecule has 0 aliphatic rings. The van der Waals surface area contributed by atoms with E-state index in [9.17, 15) is 14.9 Å². The van der Waals surface area contributed by atoms with E-state index >= 15 is 0 Å². The number of anilines is 2. The minimum Gasteiger partial charge on any atom is -0.457 e. The van der Waals surface area contributed by atoms with Gasteiger partial charge in [-0.3, -0.25) is 10.1 Å². The van der Waals surface area contributed by atoms with Gasteiger partial charge in [-0.25, -0.2) is 4.79 Å². The second-order valence-corrected chi connectivity index (χ2v) is 7.41. The van der Waals surface area contributed by atoms with Crippen LogP contribution >= 0.6 is 0 Å². The van der Waals surface area contributed by atoms with Gasteiger partial charge in [0.05, 0.1) is 4.92 Å². The Morgan fingerprint density at radius 1 is 0.844 bits per heavy atom. The van der Waals surface area contributed by atoms with Crippen LogP contribution in [0.2, 0.25) is 0 Å². The normalized spacial score (nSPS) is 10.4. The van der Waals surface area contributed by atoms with E-state index in [2.05, 4.69) is 36.6 Å². The average Bonchev–Trinajstić information content (AvgIpc) is 2.78. The minimum atomic E-state index is -0.457.